The van der Waals surface area contributed by atoms with Crippen molar-refractivity contribution in [2.24, 2.45) is 11.5 Å². The van der Waals surface area contributed by atoms with Crippen LogP contribution in [0.5, 0.6) is 0 Å². The molecule has 3 aliphatic rings. The first-order valence-corrected chi connectivity index (χ1v) is 8.71. The Balaban J connectivity index is 1.97. The van der Waals surface area contributed by atoms with E-state index in [9.17, 15) is 0 Å². The van der Waals surface area contributed by atoms with Crippen molar-refractivity contribution in [3.05, 3.63) is 22.3 Å². The molecule has 2 heteroatoms. The molecule has 3 aliphatic carbocycles. The lowest BCUT2D eigenvalue weighted by Crippen LogP contribution is -2.46. The van der Waals surface area contributed by atoms with Gasteiger partial charge in [0.15, 0.2) is 0 Å². The highest BCUT2D eigenvalue weighted by atomic mass is 14.8. The van der Waals surface area contributed by atoms with Crippen LogP contribution >= 0.6 is 0 Å². The summed E-state index contributed by atoms with van der Waals surface area (Å²) in [6.45, 7) is 0. The topological polar surface area (TPSA) is 52.0 Å². The fourth-order valence-electron chi connectivity index (χ4n) is 4.39. The van der Waals surface area contributed by atoms with Gasteiger partial charge in [0, 0.05) is 12.1 Å². The molecule has 0 radical (unpaired) electrons. The van der Waals surface area contributed by atoms with Gasteiger partial charge in [0.1, 0.15) is 0 Å². The molecular formula is C18H30N2. The van der Waals surface area contributed by atoms with Crippen LogP contribution in [0.25, 0.3) is 0 Å². The van der Waals surface area contributed by atoms with Crippen molar-refractivity contribution in [1.82, 2.24) is 0 Å². The number of nitrogens with two attached hydrogens (primary N) is 2. The molecule has 0 spiro atoms. The Hall–Kier alpha value is -0.600. The summed E-state index contributed by atoms with van der Waals surface area (Å²) in [6.07, 6.45) is 15.7. The lowest BCUT2D eigenvalue weighted by Gasteiger charge is -2.36. The largest absolute Gasteiger partial charge is 0.326 e. The monoisotopic (exact) mass is 274 g/mol. The third kappa shape index (κ3) is 2.87. The summed E-state index contributed by atoms with van der Waals surface area (Å²) in [4.78, 5) is 0. The van der Waals surface area contributed by atoms with Crippen LogP contribution in [0.3, 0.4) is 0 Å². The van der Waals surface area contributed by atoms with Crippen molar-refractivity contribution in [3.63, 3.8) is 0 Å². The van der Waals surface area contributed by atoms with Crippen molar-refractivity contribution in [2.45, 2.75) is 89.1 Å². The van der Waals surface area contributed by atoms with E-state index in [1.165, 1.54) is 76.2 Å². The minimum atomic E-state index is 0.0984. The summed E-state index contributed by atoms with van der Waals surface area (Å²) in [6, 6.07) is 0.272. The van der Waals surface area contributed by atoms with Crippen LogP contribution < -0.4 is 11.5 Å². The lowest BCUT2D eigenvalue weighted by molar-refractivity contribution is 0.482. The third-order valence-electron chi connectivity index (χ3n) is 5.57. The van der Waals surface area contributed by atoms with E-state index in [0.29, 0.717) is 0 Å². The van der Waals surface area contributed by atoms with Gasteiger partial charge >= 0.3 is 0 Å². The van der Waals surface area contributed by atoms with Crippen LogP contribution in [0.4, 0.5) is 0 Å². The molecule has 0 amide bonds. The fourth-order valence-corrected chi connectivity index (χ4v) is 4.39. The zero-order valence-electron chi connectivity index (χ0n) is 12.8. The molecule has 2 unspecified atom stereocenters. The molecule has 2 nitrogen and oxygen atoms in total. The maximum Gasteiger partial charge on any atom is 0.0451 e. The molecule has 0 heterocycles. The Morgan fingerprint density at radius 2 is 1.20 bits per heavy atom. The molecule has 2 atom stereocenters. The maximum atomic E-state index is 6.53. The van der Waals surface area contributed by atoms with Gasteiger partial charge in [-0.3, -0.25) is 0 Å². The molecule has 3 saturated carbocycles. The fraction of sp³-hybridized carbons (Fsp3) is 0.778. The standard InChI is InChI=1S/C18H30N2/c19-16-12-11-15(13-7-3-1-4-8-13)17(18(16)20)14-9-5-2-6-10-14/h16,18H,1-12,19-20H2. The summed E-state index contributed by atoms with van der Waals surface area (Å²) in [5.74, 6) is 0. The Morgan fingerprint density at radius 3 is 1.80 bits per heavy atom. The van der Waals surface area contributed by atoms with E-state index in [2.05, 4.69) is 0 Å². The highest BCUT2D eigenvalue weighted by Gasteiger charge is 2.31. The first kappa shape index (κ1) is 14.3. The minimum Gasteiger partial charge on any atom is -0.326 e. The van der Waals surface area contributed by atoms with E-state index in [4.69, 9.17) is 11.5 Å². The van der Waals surface area contributed by atoms with Crippen molar-refractivity contribution < 1.29 is 0 Å². The van der Waals surface area contributed by atoms with Gasteiger partial charge in [0.05, 0.1) is 0 Å². The second kappa shape index (κ2) is 6.44. The molecule has 0 bridgehead atoms. The average molecular weight is 274 g/mol. The molecule has 3 rings (SSSR count). The second-order valence-electron chi connectivity index (χ2n) is 6.95. The number of allylic oxidation sites excluding steroid dienone is 2. The van der Waals surface area contributed by atoms with Crippen molar-refractivity contribution in [2.75, 3.05) is 0 Å². The quantitative estimate of drug-likeness (QED) is 0.702. The Kier molecular flexibility index (Phi) is 4.62. The highest BCUT2D eigenvalue weighted by molar-refractivity contribution is 5.46. The van der Waals surface area contributed by atoms with Gasteiger partial charge in [-0.15, -0.1) is 0 Å². The van der Waals surface area contributed by atoms with Crippen LogP contribution in [-0.2, 0) is 0 Å². The van der Waals surface area contributed by atoms with E-state index >= 15 is 0 Å². The van der Waals surface area contributed by atoms with Crippen LogP contribution in [0.2, 0.25) is 0 Å². The van der Waals surface area contributed by atoms with Gasteiger partial charge in [0.2, 0.25) is 0 Å². The van der Waals surface area contributed by atoms with Crippen molar-refractivity contribution in [1.29, 1.82) is 0 Å². The summed E-state index contributed by atoms with van der Waals surface area (Å²) < 4.78 is 0. The molecule has 0 aromatic heterocycles. The Bertz CT molecular complexity index is 403. The highest BCUT2D eigenvalue weighted by Crippen LogP contribution is 2.40. The van der Waals surface area contributed by atoms with Gasteiger partial charge < -0.3 is 11.5 Å². The van der Waals surface area contributed by atoms with E-state index in [1.807, 2.05) is 0 Å². The van der Waals surface area contributed by atoms with Crippen LogP contribution in [0, 0.1) is 0 Å². The van der Waals surface area contributed by atoms with E-state index in [-0.39, 0.29) is 12.1 Å². The Labute approximate surface area is 123 Å². The molecule has 112 valence electrons. The van der Waals surface area contributed by atoms with Gasteiger partial charge in [-0.1, -0.05) is 24.0 Å². The average Bonchev–Trinajstić information content (AvgIpc) is 2.51. The zero-order chi connectivity index (χ0) is 13.9. The predicted octanol–water partition coefficient (Wildman–Crippen LogP) is 3.96. The van der Waals surface area contributed by atoms with Gasteiger partial charge in [-0.2, -0.15) is 0 Å². The SMILES string of the molecule is NC1CCC(=C2CCCCC2)C(=C2CCCCC2)C1N. The molecule has 0 aromatic carbocycles. The summed E-state index contributed by atoms with van der Waals surface area (Å²) in [5.41, 5.74) is 19.4. The molecule has 3 fully saturated rings. The molecule has 0 saturated heterocycles. The number of hydrogen-bond donors (Lipinski definition) is 2. The summed E-state index contributed by atoms with van der Waals surface area (Å²) in [7, 11) is 0. The van der Waals surface area contributed by atoms with Gasteiger partial charge in [0.25, 0.3) is 0 Å². The second-order valence-corrected chi connectivity index (χ2v) is 6.95. The normalized spacial score (nSPS) is 32.7. The molecular weight excluding hydrogens is 244 g/mol. The van der Waals surface area contributed by atoms with Crippen LogP contribution in [0.15, 0.2) is 22.3 Å². The van der Waals surface area contributed by atoms with Crippen molar-refractivity contribution >= 4 is 0 Å². The lowest BCUT2D eigenvalue weighted by atomic mass is 9.73. The smallest absolute Gasteiger partial charge is 0.0451 e. The first-order valence-electron chi connectivity index (χ1n) is 8.71. The maximum absolute atomic E-state index is 6.53. The molecule has 0 aromatic rings. The summed E-state index contributed by atoms with van der Waals surface area (Å²) >= 11 is 0. The first-order chi connectivity index (χ1) is 9.77. The number of hydrogen-bond acceptors (Lipinski definition) is 2. The van der Waals surface area contributed by atoms with E-state index in [0.717, 1.165) is 6.42 Å². The molecule has 0 aliphatic heterocycles. The minimum absolute atomic E-state index is 0.0984. The third-order valence-corrected chi connectivity index (χ3v) is 5.57. The predicted molar refractivity (Wildman–Crippen MR) is 85.4 cm³/mol. The zero-order valence-corrected chi connectivity index (χ0v) is 12.8. The Morgan fingerprint density at radius 1 is 0.650 bits per heavy atom. The van der Waals surface area contributed by atoms with E-state index in [1.54, 1.807) is 16.7 Å². The van der Waals surface area contributed by atoms with Gasteiger partial charge in [-0.05, 0) is 75.4 Å². The van der Waals surface area contributed by atoms with Crippen LogP contribution in [-0.4, -0.2) is 12.1 Å². The van der Waals surface area contributed by atoms with Crippen LogP contribution in [0.1, 0.15) is 77.0 Å². The van der Waals surface area contributed by atoms with E-state index < -0.39 is 0 Å². The van der Waals surface area contributed by atoms with Gasteiger partial charge in [-0.25, -0.2) is 0 Å². The number of rotatable bonds is 0. The molecule has 4 N–H and O–H groups in total. The molecule has 20 heavy (non-hydrogen) atoms. The van der Waals surface area contributed by atoms with Crippen molar-refractivity contribution in [3.8, 4) is 0 Å². The summed E-state index contributed by atoms with van der Waals surface area (Å²) in [5, 5.41) is 0.